The number of methoxy groups -OCH3 is 1. The number of rotatable bonds is 8. The van der Waals surface area contributed by atoms with E-state index in [1.807, 2.05) is 0 Å². The number of halogens is 2. The van der Waals surface area contributed by atoms with E-state index < -0.39 is 12.6 Å². The monoisotopic (exact) mass is 454 g/mol. The Morgan fingerprint density at radius 2 is 1.88 bits per heavy atom. The van der Waals surface area contributed by atoms with Crippen LogP contribution in [-0.2, 0) is 6.61 Å². The number of amides is 2. The van der Waals surface area contributed by atoms with E-state index in [0.717, 1.165) is 0 Å². The van der Waals surface area contributed by atoms with Crippen molar-refractivity contribution < 1.29 is 27.8 Å². The summed E-state index contributed by atoms with van der Waals surface area (Å²) in [6, 6.07) is 18.0. The first-order chi connectivity index (χ1) is 16.0. The molecule has 3 N–H and O–H groups in total. The van der Waals surface area contributed by atoms with E-state index in [0.29, 0.717) is 39.5 Å². The second kappa shape index (κ2) is 9.86. The molecule has 4 rings (SSSR count). The van der Waals surface area contributed by atoms with Crippen LogP contribution < -0.4 is 24.8 Å². The Hall–Kier alpha value is -4.34. The lowest BCUT2D eigenvalue weighted by atomic mass is 10.2. The molecule has 0 fully saturated rings. The molecule has 3 aromatic carbocycles. The molecular formula is C23H20F2N4O4. The largest absolute Gasteiger partial charge is 0.497 e. The van der Waals surface area contributed by atoms with E-state index in [1.54, 1.807) is 67.8 Å². The highest BCUT2D eigenvalue weighted by Gasteiger charge is 2.12. The molecule has 0 saturated heterocycles. The second-order valence-electron chi connectivity index (χ2n) is 6.87. The maximum Gasteiger partial charge on any atom is 0.387 e. The molecule has 8 nitrogen and oxygen atoms in total. The summed E-state index contributed by atoms with van der Waals surface area (Å²) in [7, 11) is 1.54. The number of urea groups is 1. The van der Waals surface area contributed by atoms with E-state index in [9.17, 15) is 13.6 Å². The van der Waals surface area contributed by atoms with Crippen molar-refractivity contribution in [3.63, 3.8) is 0 Å². The number of carbonyl (C=O) groups is 1. The Morgan fingerprint density at radius 3 is 2.70 bits per heavy atom. The highest BCUT2D eigenvalue weighted by Crippen LogP contribution is 2.27. The third kappa shape index (κ3) is 5.48. The van der Waals surface area contributed by atoms with Crippen molar-refractivity contribution in [2.75, 3.05) is 17.7 Å². The predicted octanol–water partition coefficient (Wildman–Crippen LogP) is 5.40. The van der Waals surface area contributed by atoms with Crippen LogP contribution >= 0.6 is 0 Å². The van der Waals surface area contributed by atoms with Gasteiger partial charge in [0.2, 0.25) is 0 Å². The van der Waals surface area contributed by atoms with Crippen molar-refractivity contribution in [1.82, 2.24) is 10.2 Å². The first-order valence-electron chi connectivity index (χ1n) is 9.87. The molecule has 4 aromatic rings. The zero-order valence-corrected chi connectivity index (χ0v) is 17.5. The van der Waals surface area contributed by atoms with E-state index in [1.165, 1.54) is 6.07 Å². The summed E-state index contributed by atoms with van der Waals surface area (Å²) in [5.74, 6) is 1.51. The van der Waals surface area contributed by atoms with Gasteiger partial charge >= 0.3 is 12.6 Å². The molecule has 0 saturated carbocycles. The van der Waals surface area contributed by atoms with Crippen LogP contribution in [0, 0.1) is 0 Å². The van der Waals surface area contributed by atoms with Crippen LogP contribution in [0.2, 0.25) is 0 Å². The topological polar surface area (TPSA) is 97.5 Å². The average Bonchev–Trinajstić information content (AvgIpc) is 3.20. The maximum atomic E-state index is 12.6. The Balaban J connectivity index is 1.42. The number of H-pyrrole nitrogens is 1. The summed E-state index contributed by atoms with van der Waals surface area (Å²) in [6.45, 7) is -2.88. The number of aromatic nitrogens is 2. The van der Waals surface area contributed by atoms with Crippen LogP contribution in [0.1, 0.15) is 5.56 Å². The van der Waals surface area contributed by atoms with Gasteiger partial charge in [-0.1, -0.05) is 24.3 Å². The van der Waals surface area contributed by atoms with Crippen molar-refractivity contribution >= 4 is 28.4 Å². The number of aromatic amines is 1. The fraction of sp³-hybridized carbons (Fsp3) is 0.130. The van der Waals surface area contributed by atoms with Gasteiger partial charge < -0.3 is 19.5 Å². The number of carbonyl (C=O) groups excluding carboxylic acids is 1. The SMILES string of the molecule is COc1cccc(NC(=O)Nc2n[nH]c3cc(OCc4ccccc4OC(F)F)ccc23)c1. The fourth-order valence-electron chi connectivity index (χ4n) is 3.15. The summed E-state index contributed by atoms with van der Waals surface area (Å²) < 4.78 is 40.5. The smallest absolute Gasteiger partial charge is 0.387 e. The van der Waals surface area contributed by atoms with Crippen molar-refractivity contribution in [3.05, 3.63) is 72.3 Å². The van der Waals surface area contributed by atoms with E-state index in [4.69, 9.17) is 9.47 Å². The van der Waals surface area contributed by atoms with Crippen LogP contribution in [0.15, 0.2) is 66.7 Å². The highest BCUT2D eigenvalue weighted by molar-refractivity contribution is 6.04. The number of nitrogens with zero attached hydrogens (tertiary/aromatic N) is 1. The average molecular weight is 454 g/mol. The van der Waals surface area contributed by atoms with Crippen molar-refractivity contribution in [2.24, 2.45) is 0 Å². The lowest BCUT2D eigenvalue weighted by Gasteiger charge is -2.11. The van der Waals surface area contributed by atoms with Gasteiger partial charge in [-0.05, 0) is 30.3 Å². The summed E-state index contributed by atoms with van der Waals surface area (Å²) in [5.41, 5.74) is 1.68. The number of anilines is 2. The fourth-order valence-corrected chi connectivity index (χ4v) is 3.15. The first-order valence-corrected chi connectivity index (χ1v) is 9.87. The number of benzene rings is 3. The van der Waals surface area contributed by atoms with Crippen molar-refractivity contribution in [3.8, 4) is 17.2 Å². The van der Waals surface area contributed by atoms with Gasteiger partial charge in [-0.2, -0.15) is 13.9 Å². The third-order valence-electron chi connectivity index (χ3n) is 4.68. The van der Waals surface area contributed by atoms with Gasteiger partial charge in [-0.15, -0.1) is 0 Å². The Labute approximate surface area is 187 Å². The number of para-hydroxylation sites is 1. The molecule has 1 aromatic heterocycles. The van der Waals surface area contributed by atoms with Crippen LogP contribution in [-0.4, -0.2) is 29.9 Å². The van der Waals surface area contributed by atoms with Gasteiger partial charge in [0.25, 0.3) is 0 Å². The minimum Gasteiger partial charge on any atom is -0.497 e. The van der Waals surface area contributed by atoms with E-state index in [-0.39, 0.29) is 12.4 Å². The molecule has 0 aliphatic rings. The molecule has 170 valence electrons. The van der Waals surface area contributed by atoms with E-state index >= 15 is 0 Å². The van der Waals surface area contributed by atoms with Crippen molar-refractivity contribution in [1.29, 1.82) is 0 Å². The van der Waals surface area contributed by atoms with Crippen LogP contribution in [0.25, 0.3) is 10.9 Å². The molecule has 0 unspecified atom stereocenters. The quantitative estimate of drug-likeness (QED) is 0.331. The Bertz CT molecular complexity index is 1260. The lowest BCUT2D eigenvalue weighted by Crippen LogP contribution is -2.19. The second-order valence-corrected chi connectivity index (χ2v) is 6.87. The summed E-state index contributed by atoms with van der Waals surface area (Å²) in [6.07, 6.45) is 0. The number of alkyl halides is 2. The molecule has 0 atom stereocenters. The predicted molar refractivity (Wildman–Crippen MR) is 119 cm³/mol. The minimum atomic E-state index is -2.92. The molecule has 33 heavy (non-hydrogen) atoms. The number of ether oxygens (including phenoxy) is 3. The zero-order valence-electron chi connectivity index (χ0n) is 17.5. The summed E-state index contributed by atoms with van der Waals surface area (Å²) in [5, 5.41) is 13.0. The molecule has 10 heteroatoms. The molecule has 0 aliphatic heterocycles. The minimum absolute atomic E-state index is 0.0383. The zero-order chi connectivity index (χ0) is 23.2. The molecular weight excluding hydrogens is 434 g/mol. The maximum absolute atomic E-state index is 12.6. The number of nitrogens with one attached hydrogen (secondary N) is 3. The van der Waals surface area contributed by atoms with Crippen molar-refractivity contribution in [2.45, 2.75) is 13.2 Å². The Morgan fingerprint density at radius 1 is 1.03 bits per heavy atom. The van der Waals surface area contributed by atoms with Crippen LogP contribution in [0.3, 0.4) is 0 Å². The molecule has 0 aliphatic carbocycles. The van der Waals surface area contributed by atoms with E-state index in [2.05, 4.69) is 25.6 Å². The lowest BCUT2D eigenvalue weighted by molar-refractivity contribution is -0.0508. The summed E-state index contributed by atoms with van der Waals surface area (Å²) in [4.78, 5) is 12.4. The molecule has 0 radical (unpaired) electrons. The van der Waals surface area contributed by atoms with Crippen LogP contribution in [0.4, 0.5) is 25.1 Å². The molecule has 2 amide bonds. The van der Waals surface area contributed by atoms with Gasteiger partial charge in [0.05, 0.1) is 12.6 Å². The highest BCUT2D eigenvalue weighted by atomic mass is 19.3. The molecule has 1 heterocycles. The summed E-state index contributed by atoms with van der Waals surface area (Å²) >= 11 is 0. The van der Waals surface area contributed by atoms with Gasteiger partial charge in [-0.25, -0.2) is 4.79 Å². The number of fused-ring (bicyclic) bond motifs is 1. The van der Waals surface area contributed by atoms with Gasteiger partial charge in [0, 0.05) is 28.8 Å². The molecule has 0 spiro atoms. The normalized spacial score (nSPS) is 10.8. The Kier molecular flexibility index (Phi) is 6.53. The van der Waals surface area contributed by atoms with Gasteiger partial charge in [-0.3, -0.25) is 10.4 Å². The first kappa shape index (κ1) is 21.9. The number of hydrogen-bond acceptors (Lipinski definition) is 5. The standard InChI is InChI=1S/C23H20F2N4O4/c1-31-16-7-4-6-15(11-16)26-23(30)27-21-18-10-9-17(12-19(18)28-29-21)32-13-14-5-2-3-8-20(14)33-22(24)25/h2-12,22H,13H2,1H3,(H3,26,27,28,29,30). The van der Waals surface area contributed by atoms with Gasteiger partial charge in [0.15, 0.2) is 5.82 Å². The van der Waals surface area contributed by atoms with Gasteiger partial charge in [0.1, 0.15) is 23.9 Å². The number of hydrogen-bond donors (Lipinski definition) is 3. The van der Waals surface area contributed by atoms with Crippen LogP contribution in [0.5, 0.6) is 17.2 Å². The molecule has 0 bridgehead atoms. The third-order valence-corrected chi connectivity index (χ3v) is 4.68.